The molecule has 0 amide bonds. The van der Waals surface area contributed by atoms with Crippen molar-refractivity contribution in [3.63, 3.8) is 0 Å². The van der Waals surface area contributed by atoms with Gasteiger partial charge in [0.1, 0.15) is 34.9 Å². The van der Waals surface area contributed by atoms with Gasteiger partial charge in [0.05, 0.1) is 11.7 Å². The summed E-state index contributed by atoms with van der Waals surface area (Å²) in [5, 5.41) is 13.1. The standard InChI is InChI=1S/C22H19F3N6/c1-12(15-8-7-14(23)9-18(15)25)26-20-11-21(28-13(2)27-20)29-22-10-19(30-31-22)16-5-3-4-6-17(16)24/h3-12H,1-2H3,(H3,26,27,28,29,30,31). The van der Waals surface area contributed by atoms with E-state index in [4.69, 9.17) is 0 Å². The van der Waals surface area contributed by atoms with Crippen LogP contribution in [0.25, 0.3) is 11.3 Å². The summed E-state index contributed by atoms with van der Waals surface area (Å²) in [5.74, 6) is 0.200. The van der Waals surface area contributed by atoms with Crippen LogP contribution >= 0.6 is 0 Å². The lowest BCUT2D eigenvalue weighted by Crippen LogP contribution is -2.11. The number of aromatic amines is 1. The normalized spacial score (nSPS) is 11.9. The molecule has 0 aliphatic heterocycles. The molecule has 4 rings (SSSR count). The molecule has 1 atom stereocenters. The van der Waals surface area contributed by atoms with Crippen molar-refractivity contribution in [2.75, 3.05) is 10.6 Å². The average Bonchev–Trinajstić information content (AvgIpc) is 3.15. The van der Waals surface area contributed by atoms with Crippen molar-refractivity contribution in [1.82, 2.24) is 20.2 Å². The maximum absolute atomic E-state index is 14.1. The number of benzene rings is 2. The van der Waals surface area contributed by atoms with Crippen LogP contribution < -0.4 is 10.6 Å². The van der Waals surface area contributed by atoms with Gasteiger partial charge >= 0.3 is 0 Å². The number of hydrogen-bond donors (Lipinski definition) is 3. The third-order valence-electron chi connectivity index (χ3n) is 4.63. The third-order valence-corrected chi connectivity index (χ3v) is 4.63. The van der Waals surface area contributed by atoms with E-state index < -0.39 is 17.7 Å². The Morgan fingerprint density at radius 1 is 0.871 bits per heavy atom. The zero-order valence-electron chi connectivity index (χ0n) is 16.7. The van der Waals surface area contributed by atoms with E-state index in [-0.39, 0.29) is 5.82 Å². The molecule has 0 bridgehead atoms. The zero-order chi connectivity index (χ0) is 22.0. The van der Waals surface area contributed by atoms with E-state index in [9.17, 15) is 13.2 Å². The monoisotopic (exact) mass is 424 g/mol. The van der Waals surface area contributed by atoms with Gasteiger partial charge in [-0.1, -0.05) is 18.2 Å². The van der Waals surface area contributed by atoms with Gasteiger partial charge in [-0.15, -0.1) is 0 Å². The number of hydrogen-bond acceptors (Lipinski definition) is 5. The fourth-order valence-corrected chi connectivity index (χ4v) is 3.19. The first-order valence-corrected chi connectivity index (χ1v) is 9.53. The summed E-state index contributed by atoms with van der Waals surface area (Å²) in [5.41, 5.74) is 1.23. The first-order valence-electron chi connectivity index (χ1n) is 9.53. The van der Waals surface area contributed by atoms with Gasteiger partial charge in [-0.3, -0.25) is 5.10 Å². The van der Waals surface area contributed by atoms with Crippen LogP contribution in [-0.2, 0) is 0 Å². The van der Waals surface area contributed by atoms with E-state index in [1.807, 2.05) is 0 Å². The zero-order valence-corrected chi connectivity index (χ0v) is 16.7. The molecule has 158 valence electrons. The summed E-state index contributed by atoms with van der Waals surface area (Å²) in [4.78, 5) is 8.64. The largest absolute Gasteiger partial charge is 0.363 e. The van der Waals surface area contributed by atoms with Gasteiger partial charge in [0.2, 0.25) is 0 Å². The van der Waals surface area contributed by atoms with Gasteiger partial charge < -0.3 is 10.6 Å². The Morgan fingerprint density at radius 3 is 2.42 bits per heavy atom. The van der Waals surface area contributed by atoms with Crippen LogP contribution in [0.2, 0.25) is 0 Å². The molecule has 2 aromatic carbocycles. The van der Waals surface area contributed by atoms with Crippen molar-refractivity contribution >= 4 is 17.5 Å². The van der Waals surface area contributed by atoms with Gasteiger partial charge in [0, 0.05) is 29.3 Å². The number of aryl methyl sites for hydroxylation is 1. The maximum Gasteiger partial charge on any atom is 0.153 e. The molecule has 3 N–H and O–H groups in total. The van der Waals surface area contributed by atoms with Crippen molar-refractivity contribution in [2.24, 2.45) is 0 Å². The van der Waals surface area contributed by atoms with Gasteiger partial charge in [-0.05, 0) is 32.0 Å². The molecule has 0 radical (unpaired) electrons. The lowest BCUT2D eigenvalue weighted by Gasteiger charge is -2.16. The molecule has 6 nitrogen and oxygen atoms in total. The van der Waals surface area contributed by atoms with Crippen molar-refractivity contribution in [1.29, 1.82) is 0 Å². The molecular weight excluding hydrogens is 405 g/mol. The molecule has 0 saturated carbocycles. The lowest BCUT2D eigenvalue weighted by atomic mass is 10.1. The highest BCUT2D eigenvalue weighted by Crippen LogP contribution is 2.26. The van der Waals surface area contributed by atoms with E-state index in [0.29, 0.717) is 40.1 Å². The molecule has 2 aromatic heterocycles. The summed E-state index contributed by atoms with van der Waals surface area (Å²) in [7, 11) is 0. The molecule has 1 unspecified atom stereocenters. The molecule has 0 aliphatic carbocycles. The Hall–Kier alpha value is -3.88. The maximum atomic E-state index is 14.1. The van der Waals surface area contributed by atoms with Crippen LogP contribution in [0.4, 0.5) is 30.6 Å². The van der Waals surface area contributed by atoms with Crippen LogP contribution in [0, 0.1) is 24.4 Å². The van der Waals surface area contributed by atoms with Crippen molar-refractivity contribution in [2.45, 2.75) is 19.9 Å². The fourth-order valence-electron chi connectivity index (χ4n) is 3.19. The van der Waals surface area contributed by atoms with Crippen LogP contribution in [0.1, 0.15) is 24.4 Å². The molecular formula is C22H19F3N6. The quantitative estimate of drug-likeness (QED) is 0.380. The summed E-state index contributed by atoms with van der Waals surface area (Å²) in [6.07, 6.45) is 0. The van der Waals surface area contributed by atoms with Gasteiger partial charge in [-0.25, -0.2) is 23.1 Å². The number of nitrogens with zero attached hydrogens (tertiary/aromatic N) is 3. The highest BCUT2D eigenvalue weighted by Gasteiger charge is 2.14. The van der Waals surface area contributed by atoms with Gasteiger partial charge in [0.25, 0.3) is 0 Å². The van der Waals surface area contributed by atoms with Crippen LogP contribution in [0.3, 0.4) is 0 Å². The van der Waals surface area contributed by atoms with Gasteiger partial charge in [0.15, 0.2) is 5.82 Å². The number of H-pyrrole nitrogens is 1. The summed E-state index contributed by atoms with van der Waals surface area (Å²) >= 11 is 0. The second-order valence-corrected chi connectivity index (χ2v) is 6.99. The fraction of sp³-hybridized carbons (Fsp3) is 0.136. The molecule has 0 aliphatic rings. The minimum Gasteiger partial charge on any atom is -0.363 e. The Balaban J connectivity index is 1.53. The second-order valence-electron chi connectivity index (χ2n) is 6.99. The Bertz CT molecular complexity index is 1220. The third kappa shape index (κ3) is 4.66. The topological polar surface area (TPSA) is 78.5 Å². The van der Waals surface area contributed by atoms with E-state index in [2.05, 4.69) is 30.8 Å². The van der Waals surface area contributed by atoms with Crippen LogP contribution in [0.15, 0.2) is 54.6 Å². The summed E-state index contributed by atoms with van der Waals surface area (Å²) < 4.78 is 41.2. The smallest absolute Gasteiger partial charge is 0.153 e. The molecule has 4 aromatic rings. The van der Waals surface area contributed by atoms with E-state index >= 15 is 0 Å². The predicted octanol–water partition coefficient (Wildman–Crippen LogP) is 5.51. The molecule has 0 fully saturated rings. The highest BCUT2D eigenvalue weighted by atomic mass is 19.1. The lowest BCUT2D eigenvalue weighted by molar-refractivity contribution is 0.566. The molecule has 9 heteroatoms. The summed E-state index contributed by atoms with van der Waals surface area (Å²) in [6.45, 7) is 3.46. The number of rotatable bonds is 6. The molecule has 2 heterocycles. The second kappa shape index (κ2) is 8.47. The predicted molar refractivity (Wildman–Crippen MR) is 112 cm³/mol. The van der Waals surface area contributed by atoms with Gasteiger partial charge in [-0.2, -0.15) is 5.10 Å². The first kappa shape index (κ1) is 20.4. The molecule has 0 saturated heterocycles. The van der Waals surface area contributed by atoms with Crippen molar-refractivity contribution in [3.8, 4) is 11.3 Å². The number of nitrogens with one attached hydrogen (secondary N) is 3. The summed E-state index contributed by atoms with van der Waals surface area (Å²) in [6, 6.07) is 12.7. The van der Waals surface area contributed by atoms with E-state index in [1.54, 1.807) is 44.2 Å². The Labute approximate surface area is 176 Å². The van der Waals surface area contributed by atoms with Crippen LogP contribution in [-0.4, -0.2) is 20.2 Å². The SMILES string of the molecule is Cc1nc(Nc2cc(-c3ccccc3F)[nH]n2)cc(NC(C)c2ccc(F)cc2F)n1. The van der Waals surface area contributed by atoms with Crippen molar-refractivity contribution in [3.05, 3.63) is 83.4 Å². The Kier molecular flexibility index (Phi) is 5.57. The molecule has 0 spiro atoms. The Morgan fingerprint density at radius 2 is 1.65 bits per heavy atom. The van der Waals surface area contributed by atoms with E-state index in [1.165, 1.54) is 18.2 Å². The number of aromatic nitrogens is 4. The number of anilines is 3. The average molecular weight is 424 g/mol. The first-order chi connectivity index (χ1) is 14.9. The van der Waals surface area contributed by atoms with E-state index in [0.717, 1.165) is 6.07 Å². The van der Waals surface area contributed by atoms with Crippen LogP contribution in [0.5, 0.6) is 0 Å². The number of halogens is 3. The minimum atomic E-state index is -0.638. The van der Waals surface area contributed by atoms with Crippen molar-refractivity contribution < 1.29 is 13.2 Å². The molecule has 31 heavy (non-hydrogen) atoms. The minimum absolute atomic E-state index is 0.314. The highest BCUT2D eigenvalue weighted by molar-refractivity contribution is 5.66.